The zero-order chi connectivity index (χ0) is 18.8. The smallest absolute Gasteiger partial charge is 0.182 e. The van der Waals surface area contributed by atoms with Crippen LogP contribution >= 0.6 is 0 Å². The number of pyridine rings is 1. The van der Waals surface area contributed by atoms with Crippen LogP contribution < -0.4 is 9.47 Å². The molecule has 0 aliphatic heterocycles. The SMILES string of the molecule is COc1ccc(-c2[nH]nc3nc(-c4cccc(CO)c4)ccc23)cc1OC. The second kappa shape index (κ2) is 7.09. The molecule has 2 N–H and O–H groups in total. The van der Waals surface area contributed by atoms with Crippen LogP contribution in [0.4, 0.5) is 0 Å². The van der Waals surface area contributed by atoms with Gasteiger partial charge in [-0.3, -0.25) is 5.10 Å². The van der Waals surface area contributed by atoms with Crippen LogP contribution in [0.2, 0.25) is 0 Å². The maximum atomic E-state index is 9.33. The number of aliphatic hydroxyl groups is 1. The highest BCUT2D eigenvalue weighted by molar-refractivity contribution is 5.92. The zero-order valence-electron chi connectivity index (χ0n) is 15.1. The number of fused-ring (bicyclic) bond motifs is 1. The maximum absolute atomic E-state index is 9.33. The molecule has 4 rings (SSSR count). The van der Waals surface area contributed by atoms with E-state index in [0.29, 0.717) is 17.1 Å². The number of hydrogen-bond acceptors (Lipinski definition) is 5. The summed E-state index contributed by atoms with van der Waals surface area (Å²) in [5.74, 6) is 1.33. The first-order valence-electron chi connectivity index (χ1n) is 8.51. The number of aromatic nitrogens is 3. The Morgan fingerprint density at radius 1 is 0.926 bits per heavy atom. The number of ether oxygens (including phenoxy) is 2. The van der Waals surface area contributed by atoms with Gasteiger partial charge in [-0.2, -0.15) is 5.10 Å². The third-order valence-corrected chi connectivity index (χ3v) is 4.50. The fourth-order valence-corrected chi connectivity index (χ4v) is 3.10. The molecule has 27 heavy (non-hydrogen) atoms. The van der Waals surface area contributed by atoms with Crippen LogP contribution in [0.25, 0.3) is 33.5 Å². The zero-order valence-corrected chi connectivity index (χ0v) is 15.1. The summed E-state index contributed by atoms with van der Waals surface area (Å²) in [5.41, 5.74) is 5.04. The average molecular weight is 361 g/mol. The summed E-state index contributed by atoms with van der Waals surface area (Å²) in [6.45, 7) is 0.00192. The van der Waals surface area contributed by atoms with Crippen LogP contribution in [-0.2, 0) is 6.61 Å². The number of hydrogen-bond donors (Lipinski definition) is 2. The Bertz CT molecular complexity index is 1100. The van der Waals surface area contributed by atoms with Gasteiger partial charge in [-0.15, -0.1) is 0 Å². The monoisotopic (exact) mass is 361 g/mol. The molecule has 4 aromatic rings. The number of aromatic amines is 1. The van der Waals surface area contributed by atoms with Crippen LogP contribution in [0.3, 0.4) is 0 Å². The lowest BCUT2D eigenvalue weighted by molar-refractivity contribution is 0.282. The summed E-state index contributed by atoms with van der Waals surface area (Å²) in [7, 11) is 3.22. The van der Waals surface area contributed by atoms with Crippen molar-refractivity contribution in [1.82, 2.24) is 15.2 Å². The lowest BCUT2D eigenvalue weighted by Gasteiger charge is -2.09. The van der Waals surface area contributed by atoms with E-state index < -0.39 is 0 Å². The molecule has 0 spiro atoms. The van der Waals surface area contributed by atoms with Gasteiger partial charge < -0.3 is 14.6 Å². The molecule has 0 radical (unpaired) electrons. The standard InChI is InChI=1S/C21H19N3O3/c1-26-18-9-6-15(11-19(18)27-2)20-16-7-8-17(22-21(16)24-23-20)14-5-3-4-13(10-14)12-25/h3-11,25H,12H2,1-2H3,(H,22,23,24). The number of nitrogens with zero attached hydrogens (tertiary/aromatic N) is 2. The Hall–Kier alpha value is -3.38. The van der Waals surface area contributed by atoms with Crippen molar-refractivity contribution in [1.29, 1.82) is 0 Å². The largest absolute Gasteiger partial charge is 0.493 e. The molecule has 0 atom stereocenters. The number of benzene rings is 2. The van der Waals surface area contributed by atoms with Gasteiger partial charge in [0.1, 0.15) is 0 Å². The van der Waals surface area contributed by atoms with Gasteiger partial charge in [-0.25, -0.2) is 4.98 Å². The minimum absolute atomic E-state index is 0.00192. The van der Waals surface area contributed by atoms with E-state index in [1.54, 1.807) is 14.2 Å². The minimum Gasteiger partial charge on any atom is -0.493 e. The minimum atomic E-state index is 0.00192. The third-order valence-electron chi connectivity index (χ3n) is 4.50. The van der Waals surface area contributed by atoms with Gasteiger partial charge in [0.05, 0.1) is 32.2 Å². The van der Waals surface area contributed by atoms with Gasteiger partial charge in [0.15, 0.2) is 17.1 Å². The number of nitrogens with one attached hydrogen (secondary N) is 1. The first-order valence-corrected chi connectivity index (χ1v) is 8.51. The summed E-state index contributed by atoms with van der Waals surface area (Å²) >= 11 is 0. The van der Waals surface area contributed by atoms with Crippen LogP contribution in [0.1, 0.15) is 5.56 Å². The number of H-pyrrole nitrogens is 1. The number of rotatable bonds is 5. The molecule has 6 nitrogen and oxygen atoms in total. The van der Waals surface area contributed by atoms with Gasteiger partial charge in [0, 0.05) is 16.5 Å². The summed E-state index contributed by atoms with van der Waals surface area (Å²) in [4.78, 5) is 4.66. The second-order valence-corrected chi connectivity index (χ2v) is 6.09. The average Bonchev–Trinajstić information content (AvgIpc) is 3.16. The molecule has 0 saturated carbocycles. The van der Waals surface area contributed by atoms with Gasteiger partial charge in [-0.1, -0.05) is 18.2 Å². The van der Waals surface area contributed by atoms with Crippen molar-refractivity contribution in [2.75, 3.05) is 14.2 Å². The van der Waals surface area contributed by atoms with Crippen LogP contribution in [0, 0.1) is 0 Å². The van der Waals surface area contributed by atoms with Gasteiger partial charge >= 0.3 is 0 Å². The molecular formula is C21H19N3O3. The molecule has 0 aliphatic carbocycles. The van der Waals surface area contributed by atoms with E-state index in [1.165, 1.54) is 0 Å². The lowest BCUT2D eigenvalue weighted by Crippen LogP contribution is -1.91. The van der Waals surface area contributed by atoms with E-state index in [2.05, 4.69) is 15.2 Å². The highest BCUT2D eigenvalue weighted by Gasteiger charge is 2.13. The van der Waals surface area contributed by atoms with E-state index in [9.17, 15) is 5.11 Å². The molecule has 0 aliphatic rings. The predicted molar refractivity (Wildman–Crippen MR) is 104 cm³/mol. The van der Waals surface area contributed by atoms with Crippen molar-refractivity contribution in [2.45, 2.75) is 6.61 Å². The fourth-order valence-electron chi connectivity index (χ4n) is 3.10. The molecule has 0 bridgehead atoms. The molecule has 2 aromatic carbocycles. The molecular weight excluding hydrogens is 342 g/mol. The van der Waals surface area contributed by atoms with Crippen molar-refractivity contribution in [2.24, 2.45) is 0 Å². The summed E-state index contributed by atoms with van der Waals surface area (Å²) in [5, 5.41) is 17.7. The Balaban J connectivity index is 1.77. The summed E-state index contributed by atoms with van der Waals surface area (Å²) in [6, 6.07) is 17.4. The molecule has 2 heterocycles. The highest BCUT2D eigenvalue weighted by atomic mass is 16.5. The first kappa shape index (κ1) is 17.1. The number of aliphatic hydroxyl groups excluding tert-OH is 1. The Morgan fingerprint density at radius 3 is 2.56 bits per heavy atom. The highest BCUT2D eigenvalue weighted by Crippen LogP contribution is 2.34. The topological polar surface area (TPSA) is 80.3 Å². The first-order chi connectivity index (χ1) is 13.2. The quantitative estimate of drug-likeness (QED) is 0.565. The van der Waals surface area contributed by atoms with Crippen molar-refractivity contribution in [3.63, 3.8) is 0 Å². The molecule has 0 saturated heterocycles. The Kier molecular flexibility index (Phi) is 4.48. The van der Waals surface area contributed by atoms with Crippen LogP contribution in [-0.4, -0.2) is 34.5 Å². The molecule has 0 fully saturated rings. The van der Waals surface area contributed by atoms with E-state index in [4.69, 9.17) is 9.47 Å². The lowest BCUT2D eigenvalue weighted by atomic mass is 10.1. The summed E-state index contributed by atoms with van der Waals surface area (Å²) < 4.78 is 10.7. The van der Waals surface area contributed by atoms with Gasteiger partial charge in [-0.05, 0) is 42.0 Å². The van der Waals surface area contributed by atoms with Gasteiger partial charge in [0.2, 0.25) is 0 Å². The Morgan fingerprint density at radius 2 is 1.78 bits per heavy atom. The van der Waals surface area contributed by atoms with Crippen molar-refractivity contribution < 1.29 is 14.6 Å². The Labute approximate surface area is 156 Å². The fraction of sp³-hybridized carbons (Fsp3) is 0.143. The van der Waals surface area contributed by atoms with E-state index in [-0.39, 0.29) is 6.61 Å². The van der Waals surface area contributed by atoms with E-state index >= 15 is 0 Å². The second-order valence-electron chi connectivity index (χ2n) is 6.09. The third kappa shape index (κ3) is 3.11. The summed E-state index contributed by atoms with van der Waals surface area (Å²) in [6.07, 6.45) is 0. The van der Waals surface area contributed by atoms with Crippen molar-refractivity contribution >= 4 is 11.0 Å². The van der Waals surface area contributed by atoms with Crippen molar-refractivity contribution in [3.8, 4) is 34.0 Å². The van der Waals surface area contributed by atoms with E-state index in [1.807, 2.05) is 54.6 Å². The molecule has 0 unspecified atom stereocenters. The normalized spacial score (nSPS) is 10.9. The van der Waals surface area contributed by atoms with Crippen molar-refractivity contribution in [3.05, 3.63) is 60.2 Å². The predicted octanol–water partition coefficient (Wildman–Crippen LogP) is 3.80. The van der Waals surface area contributed by atoms with Gasteiger partial charge in [0.25, 0.3) is 0 Å². The van der Waals surface area contributed by atoms with Crippen LogP contribution in [0.15, 0.2) is 54.6 Å². The molecule has 136 valence electrons. The molecule has 6 heteroatoms. The van der Waals surface area contributed by atoms with Crippen LogP contribution in [0.5, 0.6) is 11.5 Å². The molecule has 0 amide bonds. The number of methoxy groups -OCH3 is 2. The molecule has 2 aromatic heterocycles. The van der Waals surface area contributed by atoms with E-state index in [0.717, 1.165) is 33.5 Å². The maximum Gasteiger partial charge on any atom is 0.182 e.